The zero-order chi connectivity index (χ0) is 18.5. The number of para-hydroxylation sites is 1. The lowest BCUT2D eigenvalue weighted by Crippen LogP contribution is -2.29. The highest BCUT2D eigenvalue weighted by atomic mass is 32.2. The van der Waals surface area contributed by atoms with Gasteiger partial charge in [-0.1, -0.05) is 24.3 Å². The second-order valence-corrected chi connectivity index (χ2v) is 9.22. The average Bonchev–Trinajstić information content (AvgIpc) is 3.23. The number of hydrogen-bond acceptors (Lipinski definition) is 2. The smallest absolute Gasteiger partial charge is 0.243 e. The molecular formula is C21H24N2O2S. The molecule has 0 amide bonds. The molecule has 1 fully saturated rings. The summed E-state index contributed by atoms with van der Waals surface area (Å²) >= 11 is 0. The molecule has 0 aliphatic carbocycles. The van der Waals surface area contributed by atoms with Crippen LogP contribution in [0.3, 0.4) is 0 Å². The number of aryl methyl sites for hydroxylation is 3. The molecule has 0 bridgehead atoms. The van der Waals surface area contributed by atoms with Crippen LogP contribution in [0.15, 0.2) is 53.4 Å². The Morgan fingerprint density at radius 1 is 1.00 bits per heavy atom. The predicted octanol–water partition coefficient (Wildman–Crippen LogP) is 3.97. The van der Waals surface area contributed by atoms with Crippen molar-refractivity contribution in [1.82, 2.24) is 8.87 Å². The molecule has 2 aromatic carbocycles. The number of rotatable bonds is 3. The quantitative estimate of drug-likeness (QED) is 0.702. The standard InChI is InChI=1S/C21H24N2O2S/c1-15-8-9-19(12-16(15)2)26(24,25)23-11-10-18(14-23)21-13-17-6-4-5-7-20(17)22(21)3/h4-9,12-13,18H,10-11,14H2,1-3H3. The molecule has 5 heteroatoms. The molecule has 0 N–H and O–H groups in total. The molecule has 1 atom stereocenters. The van der Waals surface area contributed by atoms with Gasteiger partial charge in [-0.2, -0.15) is 4.31 Å². The Balaban J connectivity index is 1.63. The first-order valence-electron chi connectivity index (χ1n) is 8.99. The summed E-state index contributed by atoms with van der Waals surface area (Å²) in [5, 5.41) is 1.21. The van der Waals surface area contributed by atoms with E-state index in [-0.39, 0.29) is 5.92 Å². The third kappa shape index (κ3) is 2.75. The van der Waals surface area contributed by atoms with Crippen LogP contribution in [0, 0.1) is 13.8 Å². The Kier molecular flexibility index (Phi) is 4.16. The average molecular weight is 369 g/mol. The van der Waals surface area contributed by atoms with E-state index in [1.165, 1.54) is 16.6 Å². The minimum absolute atomic E-state index is 0.230. The monoisotopic (exact) mass is 368 g/mol. The molecule has 1 aromatic heterocycles. The highest BCUT2D eigenvalue weighted by Crippen LogP contribution is 2.34. The fourth-order valence-electron chi connectivity index (χ4n) is 3.91. The van der Waals surface area contributed by atoms with Crippen LogP contribution >= 0.6 is 0 Å². The number of aromatic nitrogens is 1. The molecule has 4 rings (SSSR count). The first-order chi connectivity index (χ1) is 12.4. The van der Waals surface area contributed by atoms with Crippen LogP contribution in [-0.2, 0) is 17.1 Å². The van der Waals surface area contributed by atoms with E-state index in [9.17, 15) is 8.42 Å². The van der Waals surface area contributed by atoms with Crippen LogP contribution in [0.5, 0.6) is 0 Å². The van der Waals surface area contributed by atoms with E-state index < -0.39 is 10.0 Å². The van der Waals surface area contributed by atoms with E-state index in [4.69, 9.17) is 0 Å². The lowest BCUT2D eigenvalue weighted by molar-refractivity contribution is 0.471. The molecule has 1 unspecified atom stereocenters. The van der Waals surface area contributed by atoms with Crippen LogP contribution in [0.2, 0.25) is 0 Å². The Labute approximate surface area is 155 Å². The van der Waals surface area contributed by atoms with E-state index in [0.717, 1.165) is 17.5 Å². The molecular weight excluding hydrogens is 344 g/mol. The first kappa shape index (κ1) is 17.3. The van der Waals surface area contributed by atoms with Gasteiger partial charge in [-0.3, -0.25) is 0 Å². The maximum absolute atomic E-state index is 13.1. The lowest BCUT2D eigenvalue weighted by atomic mass is 10.1. The summed E-state index contributed by atoms with van der Waals surface area (Å²) in [7, 11) is -1.37. The summed E-state index contributed by atoms with van der Waals surface area (Å²) in [6, 6.07) is 15.9. The van der Waals surface area contributed by atoms with E-state index in [0.29, 0.717) is 18.0 Å². The van der Waals surface area contributed by atoms with Crippen molar-refractivity contribution in [1.29, 1.82) is 0 Å². The van der Waals surface area contributed by atoms with Crippen molar-refractivity contribution in [2.75, 3.05) is 13.1 Å². The van der Waals surface area contributed by atoms with Crippen molar-refractivity contribution in [2.45, 2.75) is 31.1 Å². The minimum Gasteiger partial charge on any atom is -0.347 e. The summed E-state index contributed by atoms with van der Waals surface area (Å²) in [4.78, 5) is 0.401. The molecule has 1 saturated heterocycles. The van der Waals surface area contributed by atoms with Crippen LogP contribution < -0.4 is 0 Å². The molecule has 26 heavy (non-hydrogen) atoms. The van der Waals surface area contributed by atoms with Crippen molar-refractivity contribution < 1.29 is 8.42 Å². The summed E-state index contributed by atoms with van der Waals surface area (Å²) in [6.07, 6.45) is 0.855. The topological polar surface area (TPSA) is 42.3 Å². The molecule has 1 aliphatic rings. The maximum Gasteiger partial charge on any atom is 0.243 e. The van der Waals surface area contributed by atoms with Crippen molar-refractivity contribution in [3.8, 4) is 0 Å². The largest absolute Gasteiger partial charge is 0.347 e. The molecule has 0 radical (unpaired) electrons. The summed E-state index contributed by atoms with van der Waals surface area (Å²) in [6.45, 7) is 5.06. The van der Waals surface area contributed by atoms with Gasteiger partial charge in [-0.25, -0.2) is 8.42 Å². The van der Waals surface area contributed by atoms with Gasteiger partial charge < -0.3 is 4.57 Å². The van der Waals surface area contributed by atoms with Gasteiger partial charge in [0.1, 0.15) is 0 Å². The number of fused-ring (bicyclic) bond motifs is 1. The molecule has 3 aromatic rings. The van der Waals surface area contributed by atoms with E-state index >= 15 is 0 Å². The van der Waals surface area contributed by atoms with Gasteiger partial charge in [-0.05, 0) is 61.0 Å². The van der Waals surface area contributed by atoms with Gasteiger partial charge in [0.2, 0.25) is 10.0 Å². The lowest BCUT2D eigenvalue weighted by Gasteiger charge is -2.18. The second-order valence-electron chi connectivity index (χ2n) is 7.28. The van der Waals surface area contributed by atoms with Crippen molar-refractivity contribution in [3.05, 3.63) is 65.4 Å². The number of benzene rings is 2. The molecule has 1 aliphatic heterocycles. The Morgan fingerprint density at radius 2 is 1.77 bits per heavy atom. The third-order valence-electron chi connectivity index (χ3n) is 5.67. The van der Waals surface area contributed by atoms with Crippen molar-refractivity contribution >= 4 is 20.9 Å². The van der Waals surface area contributed by atoms with E-state index in [2.05, 4.69) is 29.8 Å². The Bertz CT molecular complexity index is 1080. The van der Waals surface area contributed by atoms with Crippen LogP contribution in [0.4, 0.5) is 0 Å². The molecule has 136 valence electrons. The molecule has 4 nitrogen and oxygen atoms in total. The number of sulfonamides is 1. The summed E-state index contributed by atoms with van der Waals surface area (Å²) in [5.74, 6) is 0.230. The van der Waals surface area contributed by atoms with Crippen molar-refractivity contribution in [3.63, 3.8) is 0 Å². The zero-order valence-electron chi connectivity index (χ0n) is 15.4. The van der Waals surface area contributed by atoms with Gasteiger partial charge in [0.25, 0.3) is 0 Å². The van der Waals surface area contributed by atoms with Crippen molar-refractivity contribution in [2.24, 2.45) is 7.05 Å². The number of hydrogen-bond donors (Lipinski definition) is 0. The highest BCUT2D eigenvalue weighted by molar-refractivity contribution is 7.89. The van der Waals surface area contributed by atoms with Gasteiger partial charge in [-0.15, -0.1) is 0 Å². The first-order valence-corrected chi connectivity index (χ1v) is 10.4. The number of nitrogens with zero attached hydrogens (tertiary/aromatic N) is 2. The Morgan fingerprint density at radius 3 is 2.50 bits per heavy atom. The predicted molar refractivity (Wildman–Crippen MR) is 105 cm³/mol. The molecule has 0 saturated carbocycles. The zero-order valence-corrected chi connectivity index (χ0v) is 16.3. The van der Waals surface area contributed by atoms with Crippen LogP contribution in [0.1, 0.15) is 29.2 Å². The van der Waals surface area contributed by atoms with Crippen LogP contribution in [0.25, 0.3) is 10.9 Å². The SMILES string of the molecule is Cc1ccc(S(=O)(=O)N2CCC(c3cc4ccccc4n3C)C2)cc1C. The maximum atomic E-state index is 13.1. The fraction of sp³-hybridized carbons (Fsp3) is 0.333. The Hall–Kier alpha value is -2.11. The summed E-state index contributed by atoms with van der Waals surface area (Å²) < 4.78 is 29.9. The third-order valence-corrected chi connectivity index (χ3v) is 7.54. The molecule has 0 spiro atoms. The van der Waals surface area contributed by atoms with Gasteiger partial charge in [0, 0.05) is 37.3 Å². The van der Waals surface area contributed by atoms with Gasteiger partial charge >= 0.3 is 0 Å². The highest BCUT2D eigenvalue weighted by Gasteiger charge is 2.34. The van der Waals surface area contributed by atoms with Crippen LogP contribution in [-0.4, -0.2) is 30.4 Å². The second kappa shape index (κ2) is 6.25. The van der Waals surface area contributed by atoms with Gasteiger partial charge in [0.15, 0.2) is 0 Å². The summed E-state index contributed by atoms with van der Waals surface area (Å²) in [5.41, 5.74) is 4.52. The van der Waals surface area contributed by atoms with E-state index in [1.807, 2.05) is 32.0 Å². The van der Waals surface area contributed by atoms with Gasteiger partial charge in [0.05, 0.1) is 4.90 Å². The normalized spacial score (nSPS) is 18.7. The van der Waals surface area contributed by atoms with E-state index in [1.54, 1.807) is 16.4 Å². The molecule has 2 heterocycles. The minimum atomic E-state index is -3.44. The fourth-order valence-corrected chi connectivity index (χ4v) is 5.50.